The standard InChI is InChI=1S/C15H18OS/c16-15(11-6-2-1-3-7-11)14-10-12-8-4-5-9-13(12)17-14/h4-6,8-9,14-16H,1-3,7,10H2. The first-order chi connectivity index (χ1) is 8.34. The first-order valence-electron chi connectivity index (χ1n) is 6.46. The van der Waals surface area contributed by atoms with Crippen LogP contribution in [0.3, 0.4) is 0 Å². The normalized spacial score (nSPS) is 25.2. The molecule has 0 bridgehead atoms. The van der Waals surface area contributed by atoms with Gasteiger partial charge in [0, 0.05) is 10.1 Å². The molecule has 1 aliphatic heterocycles. The molecule has 2 heteroatoms. The summed E-state index contributed by atoms with van der Waals surface area (Å²) in [5.41, 5.74) is 2.68. The van der Waals surface area contributed by atoms with Gasteiger partial charge >= 0.3 is 0 Å². The predicted molar refractivity (Wildman–Crippen MR) is 72.3 cm³/mol. The molecule has 1 heterocycles. The Morgan fingerprint density at radius 1 is 1.24 bits per heavy atom. The maximum Gasteiger partial charge on any atom is 0.0875 e. The van der Waals surface area contributed by atoms with Crippen molar-refractivity contribution in [2.75, 3.05) is 0 Å². The third-order valence-electron chi connectivity index (χ3n) is 3.73. The largest absolute Gasteiger partial charge is 0.388 e. The molecule has 1 aliphatic carbocycles. The summed E-state index contributed by atoms with van der Waals surface area (Å²) < 4.78 is 0. The van der Waals surface area contributed by atoms with Crippen LogP contribution in [0.1, 0.15) is 31.2 Å². The van der Waals surface area contributed by atoms with Crippen molar-refractivity contribution >= 4 is 11.8 Å². The van der Waals surface area contributed by atoms with Gasteiger partial charge in [0.05, 0.1) is 6.10 Å². The summed E-state index contributed by atoms with van der Waals surface area (Å²) in [5, 5.41) is 10.8. The summed E-state index contributed by atoms with van der Waals surface area (Å²) >= 11 is 1.85. The lowest BCUT2D eigenvalue weighted by atomic mass is 9.92. The second-order valence-electron chi connectivity index (χ2n) is 4.94. The Balaban J connectivity index is 1.73. The van der Waals surface area contributed by atoms with Gasteiger partial charge in [-0.2, -0.15) is 0 Å². The predicted octanol–water partition coefficient (Wildman–Crippen LogP) is 3.56. The van der Waals surface area contributed by atoms with E-state index in [-0.39, 0.29) is 6.10 Å². The van der Waals surface area contributed by atoms with Crippen LogP contribution in [0.2, 0.25) is 0 Å². The van der Waals surface area contributed by atoms with Crippen LogP contribution in [0, 0.1) is 0 Å². The number of hydrogen-bond donors (Lipinski definition) is 1. The average molecular weight is 246 g/mol. The zero-order valence-electron chi connectivity index (χ0n) is 9.93. The van der Waals surface area contributed by atoms with Crippen molar-refractivity contribution in [1.82, 2.24) is 0 Å². The fourth-order valence-electron chi connectivity index (χ4n) is 2.76. The summed E-state index contributed by atoms with van der Waals surface area (Å²) in [4.78, 5) is 1.35. The summed E-state index contributed by atoms with van der Waals surface area (Å²) in [7, 11) is 0. The molecule has 0 fully saturated rings. The van der Waals surface area contributed by atoms with Crippen molar-refractivity contribution in [3.05, 3.63) is 41.5 Å². The van der Waals surface area contributed by atoms with Gasteiger partial charge in [0.25, 0.3) is 0 Å². The van der Waals surface area contributed by atoms with Crippen LogP contribution in [0.15, 0.2) is 40.8 Å². The van der Waals surface area contributed by atoms with E-state index >= 15 is 0 Å². The Labute approximate surface area is 107 Å². The van der Waals surface area contributed by atoms with E-state index in [0.717, 1.165) is 19.3 Å². The highest BCUT2D eigenvalue weighted by Gasteiger charge is 2.30. The van der Waals surface area contributed by atoms with Gasteiger partial charge in [-0.15, -0.1) is 11.8 Å². The molecule has 0 saturated heterocycles. The van der Waals surface area contributed by atoms with Gasteiger partial charge in [-0.1, -0.05) is 24.3 Å². The van der Waals surface area contributed by atoms with E-state index in [1.54, 1.807) is 0 Å². The molecule has 0 aromatic heterocycles. The van der Waals surface area contributed by atoms with Crippen LogP contribution < -0.4 is 0 Å². The SMILES string of the molecule is OC(C1=CCCCC1)C1Cc2ccccc2S1. The molecule has 17 heavy (non-hydrogen) atoms. The average Bonchev–Trinajstić information content (AvgIpc) is 2.82. The zero-order chi connectivity index (χ0) is 11.7. The number of aliphatic hydroxyl groups is 1. The molecule has 0 spiro atoms. The summed E-state index contributed by atoms with van der Waals surface area (Å²) in [5.74, 6) is 0. The minimum Gasteiger partial charge on any atom is -0.388 e. The lowest BCUT2D eigenvalue weighted by molar-refractivity contribution is 0.201. The van der Waals surface area contributed by atoms with Crippen LogP contribution >= 0.6 is 11.8 Å². The zero-order valence-corrected chi connectivity index (χ0v) is 10.7. The molecule has 3 rings (SSSR count). The number of hydrogen-bond acceptors (Lipinski definition) is 2. The van der Waals surface area contributed by atoms with E-state index in [1.165, 1.54) is 28.9 Å². The van der Waals surface area contributed by atoms with E-state index in [0.29, 0.717) is 5.25 Å². The molecule has 0 radical (unpaired) electrons. The summed E-state index contributed by atoms with van der Waals surface area (Å²) in [6.07, 6.45) is 7.80. The molecule has 2 aliphatic rings. The second-order valence-corrected chi connectivity index (χ2v) is 6.22. The van der Waals surface area contributed by atoms with Crippen molar-refractivity contribution in [3.63, 3.8) is 0 Å². The van der Waals surface area contributed by atoms with Crippen LogP contribution in [0.5, 0.6) is 0 Å². The van der Waals surface area contributed by atoms with Crippen LogP contribution in [-0.2, 0) is 6.42 Å². The van der Waals surface area contributed by atoms with Gasteiger partial charge in [-0.3, -0.25) is 0 Å². The summed E-state index contributed by atoms with van der Waals surface area (Å²) in [6.45, 7) is 0. The Hall–Kier alpha value is -0.730. The number of allylic oxidation sites excluding steroid dienone is 1. The monoisotopic (exact) mass is 246 g/mol. The molecular formula is C15H18OS. The van der Waals surface area contributed by atoms with Crippen LogP contribution in [0.4, 0.5) is 0 Å². The van der Waals surface area contributed by atoms with Gasteiger partial charge in [0.15, 0.2) is 0 Å². The Morgan fingerprint density at radius 2 is 2.12 bits per heavy atom. The highest BCUT2D eigenvalue weighted by molar-refractivity contribution is 8.00. The highest BCUT2D eigenvalue weighted by Crippen LogP contribution is 2.40. The fourth-order valence-corrected chi connectivity index (χ4v) is 4.11. The van der Waals surface area contributed by atoms with Crippen molar-refractivity contribution in [2.45, 2.75) is 48.4 Å². The number of benzene rings is 1. The van der Waals surface area contributed by atoms with Gasteiger partial charge in [-0.05, 0) is 49.3 Å². The minimum absolute atomic E-state index is 0.243. The molecule has 0 saturated carbocycles. The lowest BCUT2D eigenvalue weighted by Crippen LogP contribution is -2.25. The van der Waals surface area contributed by atoms with Crippen molar-refractivity contribution < 1.29 is 5.11 Å². The minimum atomic E-state index is -0.243. The van der Waals surface area contributed by atoms with E-state index in [2.05, 4.69) is 30.3 Å². The molecule has 1 nitrogen and oxygen atoms in total. The Morgan fingerprint density at radius 3 is 2.88 bits per heavy atom. The number of rotatable bonds is 2. The molecule has 0 amide bonds. The number of fused-ring (bicyclic) bond motifs is 1. The highest BCUT2D eigenvalue weighted by atomic mass is 32.2. The molecule has 1 aromatic carbocycles. The van der Waals surface area contributed by atoms with Crippen LogP contribution in [0.25, 0.3) is 0 Å². The van der Waals surface area contributed by atoms with E-state index in [4.69, 9.17) is 0 Å². The number of aliphatic hydroxyl groups excluding tert-OH is 1. The van der Waals surface area contributed by atoms with Gasteiger partial charge in [0.2, 0.25) is 0 Å². The topological polar surface area (TPSA) is 20.2 Å². The Bertz CT molecular complexity index is 413. The van der Waals surface area contributed by atoms with Gasteiger partial charge < -0.3 is 5.11 Å². The third-order valence-corrected chi connectivity index (χ3v) is 5.11. The van der Waals surface area contributed by atoms with Crippen molar-refractivity contribution in [2.24, 2.45) is 0 Å². The van der Waals surface area contributed by atoms with Crippen molar-refractivity contribution in [3.8, 4) is 0 Å². The molecule has 2 unspecified atom stereocenters. The number of thioether (sulfide) groups is 1. The lowest BCUT2D eigenvalue weighted by Gasteiger charge is -2.23. The quantitative estimate of drug-likeness (QED) is 0.805. The molecular weight excluding hydrogens is 228 g/mol. The smallest absolute Gasteiger partial charge is 0.0875 e. The maximum atomic E-state index is 10.5. The molecule has 1 aromatic rings. The third kappa shape index (κ3) is 2.29. The first-order valence-corrected chi connectivity index (χ1v) is 7.34. The van der Waals surface area contributed by atoms with E-state index < -0.39 is 0 Å². The van der Waals surface area contributed by atoms with Gasteiger partial charge in [-0.25, -0.2) is 0 Å². The van der Waals surface area contributed by atoms with E-state index in [1.807, 2.05) is 11.8 Å². The van der Waals surface area contributed by atoms with E-state index in [9.17, 15) is 5.11 Å². The maximum absolute atomic E-state index is 10.5. The fraction of sp³-hybridized carbons (Fsp3) is 0.467. The molecule has 1 N–H and O–H groups in total. The van der Waals surface area contributed by atoms with Crippen molar-refractivity contribution in [1.29, 1.82) is 0 Å². The van der Waals surface area contributed by atoms with Gasteiger partial charge in [0.1, 0.15) is 0 Å². The Kier molecular flexibility index (Phi) is 3.26. The molecule has 2 atom stereocenters. The molecule has 90 valence electrons. The summed E-state index contributed by atoms with van der Waals surface area (Å²) in [6, 6.07) is 8.53. The first kappa shape index (κ1) is 11.4. The second kappa shape index (κ2) is 4.87. The van der Waals surface area contributed by atoms with Crippen LogP contribution in [-0.4, -0.2) is 16.5 Å².